The Kier molecular flexibility index (Phi) is 3.38. The average molecular weight is 227 g/mol. The van der Waals surface area contributed by atoms with Crippen LogP contribution in [-0.2, 0) is 0 Å². The van der Waals surface area contributed by atoms with Crippen LogP contribution in [0.5, 0.6) is 0 Å². The van der Waals surface area contributed by atoms with Crippen LogP contribution in [0.25, 0.3) is 0 Å². The predicted octanol–water partition coefficient (Wildman–Crippen LogP) is 1.64. The van der Waals surface area contributed by atoms with E-state index in [0.29, 0.717) is 0 Å². The van der Waals surface area contributed by atoms with E-state index in [1.54, 1.807) is 6.20 Å². The Balaban J connectivity index is 1.73. The molecule has 1 aliphatic carbocycles. The van der Waals surface area contributed by atoms with Crippen LogP contribution in [0.2, 0.25) is 5.28 Å². The fourth-order valence-corrected chi connectivity index (χ4v) is 1.64. The highest BCUT2D eigenvalue weighted by atomic mass is 35.5. The van der Waals surface area contributed by atoms with Crippen LogP contribution in [-0.4, -0.2) is 41.0 Å². The van der Waals surface area contributed by atoms with E-state index in [4.69, 9.17) is 11.6 Å². The van der Waals surface area contributed by atoms with E-state index in [1.165, 1.54) is 12.8 Å². The molecule has 1 saturated carbocycles. The minimum absolute atomic E-state index is 0.288. The van der Waals surface area contributed by atoms with Crippen molar-refractivity contribution in [3.05, 3.63) is 17.5 Å². The van der Waals surface area contributed by atoms with Gasteiger partial charge in [-0.2, -0.15) is 0 Å². The molecule has 1 N–H and O–H groups in total. The summed E-state index contributed by atoms with van der Waals surface area (Å²) in [4.78, 5) is 10.3. The van der Waals surface area contributed by atoms with E-state index in [0.717, 1.165) is 24.9 Å². The Morgan fingerprint density at radius 2 is 2.40 bits per heavy atom. The van der Waals surface area contributed by atoms with Crippen molar-refractivity contribution in [3.63, 3.8) is 0 Å². The Labute approximate surface area is 94.7 Å². The minimum atomic E-state index is 0.288. The maximum Gasteiger partial charge on any atom is 0.224 e. The van der Waals surface area contributed by atoms with Gasteiger partial charge in [-0.15, -0.1) is 0 Å². The van der Waals surface area contributed by atoms with Gasteiger partial charge in [0.1, 0.15) is 5.82 Å². The quantitative estimate of drug-likeness (QED) is 0.775. The highest BCUT2D eigenvalue weighted by molar-refractivity contribution is 6.28. The van der Waals surface area contributed by atoms with Gasteiger partial charge in [0.15, 0.2) is 0 Å². The fraction of sp³-hybridized carbons (Fsp3) is 0.600. The lowest BCUT2D eigenvalue weighted by Crippen LogP contribution is -2.27. The van der Waals surface area contributed by atoms with Crippen molar-refractivity contribution in [2.24, 2.45) is 0 Å². The lowest BCUT2D eigenvalue weighted by Gasteiger charge is -2.15. The molecule has 0 bridgehead atoms. The largest absolute Gasteiger partial charge is 0.369 e. The molecule has 0 atom stereocenters. The summed E-state index contributed by atoms with van der Waals surface area (Å²) in [6.45, 7) is 1.92. The average Bonchev–Trinajstić information content (AvgIpc) is 3.00. The number of nitrogens with zero attached hydrogens (tertiary/aromatic N) is 3. The molecular weight excluding hydrogens is 212 g/mol. The van der Waals surface area contributed by atoms with E-state index in [-0.39, 0.29) is 5.28 Å². The van der Waals surface area contributed by atoms with Crippen molar-refractivity contribution in [2.45, 2.75) is 18.9 Å². The van der Waals surface area contributed by atoms with E-state index in [1.807, 2.05) is 6.07 Å². The van der Waals surface area contributed by atoms with Gasteiger partial charge >= 0.3 is 0 Å². The van der Waals surface area contributed by atoms with Crippen molar-refractivity contribution in [3.8, 4) is 0 Å². The number of halogens is 1. The third kappa shape index (κ3) is 3.32. The molecule has 0 spiro atoms. The second-order valence-corrected chi connectivity index (χ2v) is 4.19. The van der Waals surface area contributed by atoms with Crippen LogP contribution in [0.4, 0.5) is 5.82 Å². The van der Waals surface area contributed by atoms with Crippen molar-refractivity contribution in [1.82, 2.24) is 14.9 Å². The van der Waals surface area contributed by atoms with Gasteiger partial charge in [0, 0.05) is 25.3 Å². The normalized spacial score (nSPS) is 15.7. The van der Waals surface area contributed by atoms with Crippen LogP contribution in [0.1, 0.15) is 12.8 Å². The zero-order valence-electron chi connectivity index (χ0n) is 8.78. The van der Waals surface area contributed by atoms with Crippen LogP contribution in [0.15, 0.2) is 12.3 Å². The molecule has 4 nitrogen and oxygen atoms in total. The number of hydrogen-bond donors (Lipinski definition) is 1. The Hall–Kier alpha value is -0.870. The van der Waals surface area contributed by atoms with Crippen LogP contribution >= 0.6 is 11.6 Å². The van der Waals surface area contributed by atoms with Gasteiger partial charge in [-0.3, -0.25) is 0 Å². The SMILES string of the molecule is CN(CCNc1ccnc(Cl)n1)C1CC1. The number of aromatic nitrogens is 2. The monoisotopic (exact) mass is 226 g/mol. The number of likely N-dealkylation sites (N-methyl/N-ethyl adjacent to an activating group) is 1. The summed E-state index contributed by atoms with van der Waals surface area (Å²) in [5, 5.41) is 3.51. The zero-order chi connectivity index (χ0) is 10.7. The molecule has 0 unspecified atom stereocenters. The van der Waals surface area contributed by atoms with Gasteiger partial charge in [0.2, 0.25) is 5.28 Å². The van der Waals surface area contributed by atoms with Gasteiger partial charge in [-0.25, -0.2) is 9.97 Å². The van der Waals surface area contributed by atoms with E-state index in [2.05, 4.69) is 27.2 Å². The summed E-state index contributed by atoms with van der Waals surface area (Å²) in [5.74, 6) is 0.791. The Bertz CT molecular complexity index is 327. The number of hydrogen-bond acceptors (Lipinski definition) is 4. The molecule has 2 rings (SSSR count). The predicted molar refractivity (Wildman–Crippen MR) is 61.2 cm³/mol. The Morgan fingerprint density at radius 1 is 1.60 bits per heavy atom. The summed E-state index contributed by atoms with van der Waals surface area (Å²) in [5.41, 5.74) is 0. The van der Waals surface area contributed by atoms with Crippen molar-refractivity contribution in [1.29, 1.82) is 0 Å². The topological polar surface area (TPSA) is 41.0 Å². The second-order valence-electron chi connectivity index (χ2n) is 3.85. The van der Waals surface area contributed by atoms with Crippen molar-refractivity contribution >= 4 is 17.4 Å². The van der Waals surface area contributed by atoms with Crippen molar-refractivity contribution in [2.75, 3.05) is 25.5 Å². The summed E-state index contributed by atoms with van der Waals surface area (Å²) < 4.78 is 0. The molecule has 1 heterocycles. The highest BCUT2D eigenvalue weighted by Gasteiger charge is 2.25. The second kappa shape index (κ2) is 4.77. The van der Waals surface area contributed by atoms with E-state index >= 15 is 0 Å². The number of nitrogens with one attached hydrogen (secondary N) is 1. The zero-order valence-corrected chi connectivity index (χ0v) is 9.54. The first-order valence-electron chi connectivity index (χ1n) is 5.18. The molecule has 5 heteroatoms. The lowest BCUT2D eigenvalue weighted by molar-refractivity contribution is 0.337. The number of anilines is 1. The van der Waals surface area contributed by atoms with Crippen LogP contribution in [0.3, 0.4) is 0 Å². The third-order valence-corrected chi connectivity index (χ3v) is 2.75. The van der Waals surface area contributed by atoms with E-state index < -0.39 is 0 Å². The van der Waals surface area contributed by atoms with Gasteiger partial charge in [0.05, 0.1) is 0 Å². The molecule has 1 aliphatic rings. The molecule has 0 saturated heterocycles. The molecule has 0 aromatic carbocycles. The summed E-state index contributed by atoms with van der Waals surface area (Å²) in [6.07, 6.45) is 4.34. The maximum atomic E-state index is 5.67. The lowest BCUT2D eigenvalue weighted by atomic mass is 10.5. The van der Waals surface area contributed by atoms with E-state index in [9.17, 15) is 0 Å². The fourth-order valence-electron chi connectivity index (χ4n) is 1.49. The standard InChI is InChI=1S/C10H15ClN4/c1-15(8-2-3-8)7-6-12-9-4-5-13-10(11)14-9/h4-5,8H,2-3,6-7H2,1H3,(H,12,13,14). The molecule has 0 radical (unpaired) electrons. The molecule has 1 fully saturated rings. The first-order chi connectivity index (χ1) is 7.25. The summed E-state index contributed by atoms with van der Waals surface area (Å²) >= 11 is 5.67. The summed E-state index contributed by atoms with van der Waals surface area (Å²) in [6, 6.07) is 2.63. The molecule has 0 amide bonds. The highest BCUT2D eigenvalue weighted by Crippen LogP contribution is 2.24. The van der Waals surface area contributed by atoms with Gasteiger partial charge in [0.25, 0.3) is 0 Å². The van der Waals surface area contributed by atoms with Crippen LogP contribution < -0.4 is 5.32 Å². The number of rotatable bonds is 5. The molecule has 1 aromatic rings. The molecule has 0 aliphatic heterocycles. The molecule has 1 aromatic heterocycles. The van der Waals surface area contributed by atoms with Crippen LogP contribution in [0, 0.1) is 0 Å². The Morgan fingerprint density at radius 3 is 3.07 bits per heavy atom. The van der Waals surface area contributed by atoms with Gasteiger partial charge < -0.3 is 10.2 Å². The van der Waals surface area contributed by atoms with Crippen molar-refractivity contribution < 1.29 is 0 Å². The first kappa shape index (κ1) is 10.6. The minimum Gasteiger partial charge on any atom is -0.369 e. The smallest absolute Gasteiger partial charge is 0.224 e. The maximum absolute atomic E-state index is 5.67. The summed E-state index contributed by atoms with van der Waals surface area (Å²) in [7, 11) is 2.16. The molecular formula is C10H15ClN4. The first-order valence-corrected chi connectivity index (χ1v) is 5.56. The van der Waals surface area contributed by atoms with Gasteiger partial charge in [-0.05, 0) is 37.6 Å². The molecule has 15 heavy (non-hydrogen) atoms. The third-order valence-electron chi connectivity index (χ3n) is 2.57. The molecule has 82 valence electrons. The van der Waals surface area contributed by atoms with Gasteiger partial charge in [-0.1, -0.05) is 0 Å².